The summed E-state index contributed by atoms with van der Waals surface area (Å²) in [4.78, 5) is 15.9. The van der Waals surface area contributed by atoms with E-state index in [0.717, 1.165) is 28.8 Å². The molecule has 0 saturated carbocycles. The van der Waals surface area contributed by atoms with Gasteiger partial charge in [0.1, 0.15) is 0 Å². The molecule has 2 N–H and O–H groups in total. The van der Waals surface area contributed by atoms with E-state index in [1.54, 1.807) is 24.7 Å². The lowest BCUT2D eigenvalue weighted by Gasteiger charge is -2.04. The van der Waals surface area contributed by atoms with Gasteiger partial charge in [-0.25, -0.2) is 4.98 Å². The summed E-state index contributed by atoms with van der Waals surface area (Å²) < 4.78 is 1.92. The number of hydrogen-bond acceptors (Lipinski definition) is 3. The first-order valence-electron chi connectivity index (χ1n) is 8.47. The third kappa shape index (κ3) is 4.91. The van der Waals surface area contributed by atoms with Crippen molar-refractivity contribution in [2.24, 2.45) is 0 Å². The Bertz CT molecular complexity index is 851. The first-order chi connectivity index (χ1) is 12.7. The SMILES string of the molecule is O=C(/C=C/c1ccc(-n2ccnc2)cc1)NCCc1ccc(CO)cc1. The Kier molecular flexibility index (Phi) is 5.96. The number of nitrogens with one attached hydrogen (secondary N) is 1. The van der Waals surface area contributed by atoms with Crippen LogP contribution in [0.1, 0.15) is 16.7 Å². The molecule has 1 heterocycles. The maximum absolute atomic E-state index is 11.9. The van der Waals surface area contributed by atoms with Gasteiger partial charge < -0.3 is 15.0 Å². The molecular weight excluding hydrogens is 326 g/mol. The van der Waals surface area contributed by atoms with Crippen LogP contribution in [0.5, 0.6) is 0 Å². The van der Waals surface area contributed by atoms with Crippen molar-refractivity contribution in [1.29, 1.82) is 0 Å². The second-order valence-electron chi connectivity index (χ2n) is 5.91. The van der Waals surface area contributed by atoms with Crippen molar-refractivity contribution in [2.75, 3.05) is 6.54 Å². The highest BCUT2D eigenvalue weighted by Gasteiger charge is 1.98. The molecule has 0 fully saturated rings. The van der Waals surface area contributed by atoms with Crippen LogP contribution in [0.15, 0.2) is 73.3 Å². The average molecular weight is 347 g/mol. The number of rotatable bonds is 7. The summed E-state index contributed by atoms with van der Waals surface area (Å²) in [5.74, 6) is -0.115. The maximum atomic E-state index is 11.9. The molecule has 0 saturated heterocycles. The number of imidazole rings is 1. The molecule has 5 heteroatoms. The third-order valence-electron chi connectivity index (χ3n) is 4.04. The lowest BCUT2D eigenvalue weighted by atomic mass is 10.1. The standard InChI is InChI=1S/C21H21N3O2/c25-15-19-3-1-18(2-4-19)11-12-23-21(26)10-7-17-5-8-20(9-6-17)24-14-13-22-16-24/h1-10,13-14,16,25H,11-12,15H2,(H,23,26)/b10-7+. The predicted octanol–water partition coefficient (Wildman–Crippen LogP) is 2.74. The Labute approximate surface area is 152 Å². The molecule has 1 amide bonds. The zero-order chi connectivity index (χ0) is 18.2. The summed E-state index contributed by atoms with van der Waals surface area (Å²) in [5.41, 5.74) is 4.00. The quantitative estimate of drug-likeness (QED) is 0.646. The van der Waals surface area contributed by atoms with Crippen LogP contribution >= 0.6 is 0 Å². The van der Waals surface area contributed by atoms with Crippen molar-refractivity contribution in [3.8, 4) is 5.69 Å². The third-order valence-corrected chi connectivity index (χ3v) is 4.04. The van der Waals surface area contributed by atoms with Crippen molar-refractivity contribution >= 4 is 12.0 Å². The first-order valence-corrected chi connectivity index (χ1v) is 8.47. The van der Waals surface area contributed by atoms with Crippen molar-refractivity contribution in [3.63, 3.8) is 0 Å². The van der Waals surface area contributed by atoms with Gasteiger partial charge in [-0.3, -0.25) is 4.79 Å². The maximum Gasteiger partial charge on any atom is 0.244 e. The first kappa shape index (κ1) is 17.6. The van der Waals surface area contributed by atoms with Gasteiger partial charge in [-0.05, 0) is 41.3 Å². The minimum atomic E-state index is -0.115. The number of benzene rings is 2. The van der Waals surface area contributed by atoms with Crippen LogP contribution in [-0.2, 0) is 17.8 Å². The fraction of sp³-hybridized carbons (Fsp3) is 0.143. The summed E-state index contributed by atoms with van der Waals surface area (Å²) in [6.07, 6.45) is 9.46. The van der Waals surface area contributed by atoms with Gasteiger partial charge in [0.15, 0.2) is 0 Å². The van der Waals surface area contributed by atoms with E-state index >= 15 is 0 Å². The van der Waals surface area contributed by atoms with Gasteiger partial charge in [-0.1, -0.05) is 36.4 Å². The zero-order valence-corrected chi connectivity index (χ0v) is 14.4. The number of nitrogens with zero attached hydrogens (tertiary/aromatic N) is 2. The van der Waals surface area contributed by atoms with Gasteiger partial charge in [-0.2, -0.15) is 0 Å². The van der Waals surface area contributed by atoms with Crippen LogP contribution in [0.2, 0.25) is 0 Å². The molecule has 0 aliphatic rings. The van der Waals surface area contributed by atoms with E-state index in [0.29, 0.717) is 6.54 Å². The smallest absolute Gasteiger partial charge is 0.244 e. The summed E-state index contributed by atoms with van der Waals surface area (Å²) >= 11 is 0. The van der Waals surface area contributed by atoms with Gasteiger partial charge in [-0.15, -0.1) is 0 Å². The van der Waals surface area contributed by atoms with Crippen molar-refractivity contribution < 1.29 is 9.90 Å². The van der Waals surface area contributed by atoms with Crippen LogP contribution in [0.3, 0.4) is 0 Å². The van der Waals surface area contributed by atoms with Crippen LogP contribution in [0.25, 0.3) is 11.8 Å². The van der Waals surface area contributed by atoms with E-state index in [1.807, 2.05) is 59.3 Å². The highest BCUT2D eigenvalue weighted by Crippen LogP contribution is 2.10. The Morgan fingerprint density at radius 2 is 1.81 bits per heavy atom. The molecule has 132 valence electrons. The molecular formula is C21H21N3O2. The van der Waals surface area contributed by atoms with Gasteiger partial charge in [0.05, 0.1) is 12.9 Å². The normalized spacial score (nSPS) is 11.0. The number of aliphatic hydroxyl groups excluding tert-OH is 1. The van der Waals surface area contributed by atoms with Crippen molar-refractivity contribution in [2.45, 2.75) is 13.0 Å². The predicted molar refractivity (Wildman–Crippen MR) is 102 cm³/mol. The van der Waals surface area contributed by atoms with Gasteiger partial charge in [0.2, 0.25) is 5.91 Å². The number of amides is 1. The topological polar surface area (TPSA) is 67.2 Å². The van der Waals surface area contributed by atoms with E-state index in [2.05, 4.69) is 10.3 Å². The highest BCUT2D eigenvalue weighted by molar-refractivity contribution is 5.91. The largest absolute Gasteiger partial charge is 0.392 e. The van der Waals surface area contributed by atoms with Crippen LogP contribution in [-0.4, -0.2) is 27.1 Å². The number of carbonyl (C=O) groups excluding carboxylic acids is 1. The lowest BCUT2D eigenvalue weighted by Crippen LogP contribution is -2.23. The summed E-state index contributed by atoms with van der Waals surface area (Å²) in [5, 5.41) is 11.9. The van der Waals surface area contributed by atoms with Gasteiger partial charge in [0.25, 0.3) is 0 Å². The van der Waals surface area contributed by atoms with Gasteiger partial charge in [0, 0.05) is 30.7 Å². The molecule has 3 aromatic rings. The zero-order valence-electron chi connectivity index (χ0n) is 14.4. The molecule has 5 nitrogen and oxygen atoms in total. The number of aliphatic hydroxyl groups is 1. The van der Waals surface area contributed by atoms with Crippen LogP contribution in [0, 0.1) is 0 Å². The monoisotopic (exact) mass is 347 g/mol. The van der Waals surface area contributed by atoms with Gasteiger partial charge >= 0.3 is 0 Å². The Balaban J connectivity index is 1.46. The molecule has 0 aliphatic heterocycles. The van der Waals surface area contributed by atoms with E-state index in [4.69, 9.17) is 5.11 Å². The molecule has 0 bridgehead atoms. The van der Waals surface area contributed by atoms with E-state index in [1.165, 1.54) is 0 Å². The molecule has 1 aromatic heterocycles. The Hall–Kier alpha value is -3.18. The number of hydrogen-bond donors (Lipinski definition) is 2. The summed E-state index contributed by atoms with van der Waals surface area (Å²) in [6, 6.07) is 15.6. The minimum absolute atomic E-state index is 0.0467. The molecule has 0 radical (unpaired) electrons. The number of carbonyl (C=O) groups is 1. The van der Waals surface area contributed by atoms with Crippen molar-refractivity contribution in [1.82, 2.24) is 14.9 Å². The van der Waals surface area contributed by atoms with E-state index in [9.17, 15) is 4.79 Å². The fourth-order valence-electron chi connectivity index (χ4n) is 2.54. The molecule has 0 aliphatic carbocycles. The molecule has 0 atom stereocenters. The van der Waals surface area contributed by atoms with E-state index in [-0.39, 0.29) is 12.5 Å². The minimum Gasteiger partial charge on any atom is -0.392 e. The van der Waals surface area contributed by atoms with Crippen LogP contribution < -0.4 is 5.32 Å². The van der Waals surface area contributed by atoms with E-state index < -0.39 is 0 Å². The highest BCUT2D eigenvalue weighted by atomic mass is 16.3. The lowest BCUT2D eigenvalue weighted by molar-refractivity contribution is -0.116. The fourth-order valence-corrected chi connectivity index (χ4v) is 2.54. The molecule has 26 heavy (non-hydrogen) atoms. The van der Waals surface area contributed by atoms with Crippen molar-refractivity contribution in [3.05, 3.63) is 90.0 Å². The summed E-state index contributed by atoms with van der Waals surface area (Å²) in [7, 11) is 0. The average Bonchev–Trinajstić information content (AvgIpc) is 3.22. The molecule has 0 unspecified atom stereocenters. The molecule has 0 spiro atoms. The number of aromatic nitrogens is 2. The molecule has 3 rings (SSSR count). The summed E-state index contributed by atoms with van der Waals surface area (Å²) in [6.45, 7) is 0.617. The van der Waals surface area contributed by atoms with Crippen LogP contribution in [0.4, 0.5) is 0 Å². The Morgan fingerprint density at radius 3 is 2.46 bits per heavy atom. The second-order valence-corrected chi connectivity index (χ2v) is 5.91. The molecule has 2 aromatic carbocycles. The Morgan fingerprint density at radius 1 is 1.08 bits per heavy atom. The second kappa shape index (κ2) is 8.78.